The lowest BCUT2D eigenvalue weighted by Gasteiger charge is -2.31. The molecule has 1 aliphatic heterocycles. The zero-order chi connectivity index (χ0) is 21.4. The van der Waals surface area contributed by atoms with Gasteiger partial charge in [-0.3, -0.25) is 0 Å². The van der Waals surface area contributed by atoms with Gasteiger partial charge in [-0.2, -0.15) is 4.98 Å². The molecule has 2 heterocycles. The molecule has 30 heavy (non-hydrogen) atoms. The van der Waals surface area contributed by atoms with E-state index in [2.05, 4.69) is 32.7 Å². The molecule has 1 aromatic rings. The highest BCUT2D eigenvalue weighted by Crippen LogP contribution is 2.30. The highest BCUT2D eigenvalue weighted by molar-refractivity contribution is 9.10. The van der Waals surface area contributed by atoms with Crippen molar-refractivity contribution in [3.05, 3.63) is 10.2 Å². The first-order chi connectivity index (χ1) is 14.8. The minimum atomic E-state index is 0.632. The number of halogens is 1. The predicted molar refractivity (Wildman–Crippen MR) is 132 cm³/mol. The van der Waals surface area contributed by atoms with E-state index in [4.69, 9.17) is 9.72 Å². The van der Waals surface area contributed by atoms with E-state index in [1.807, 2.05) is 6.92 Å². The third-order valence-corrected chi connectivity index (χ3v) is 6.86. The fourth-order valence-electron chi connectivity index (χ4n) is 4.00. The summed E-state index contributed by atoms with van der Waals surface area (Å²) in [5, 5.41) is 0. The zero-order valence-corrected chi connectivity index (χ0v) is 21.1. The first kappa shape index (κ1) is 25.4. The molecule has 0 atom stereocenters. The smallest absolute Gasteiger partial charge is 0.233 e. The zero-order valence-electron chi connectivity index (χ0n) is 19.6. The lowest BCUT2D eigenvalue weighted by Crippen LogP contribution is -2.38. The minimum absolute atomic E-state index is 0.632. The van der Waals surface area contributed by atoms with Gasteiger partial charge in [-0.1, -0.05) is 90.4 Å². The Kier molecular flexibility index (Phi) is 13.5. The van der Waals surface area contributed by atoms with Gasteiger partial charge in [0.05, 0.1) is 12.3 Å². The Bertz CT molecular complexity index is 578. The normalized spacial score (nSPS) is 13.5. The van der Waals surface area contributed by atoms with Crippen molar-refractivity contribution in [2.24, 2.45) is 0 Å². The van der Waals surface area contributed by atoms with Crippen LogP contribution in [0.15, 0.2) is 4.47 Å². The van der Waals surface area contributed by atoms with E-state index in [1.54, 1.807) is 0 Å². The van der Waals surface area contributed by atoms with Crippen LogP contribution in [0.4, 0.5) is 5.95 Å². The number of hydrogen-bond acceptors (Lipinski definition) is 4. The van der Waals surface area contributed by atoms with Crippen LogP contribution < -0.4 is 9.64 Å². The van der Waals surface area contributed by atoms with Crippen LogP contribution in [0.5, 0.6) is 5.88 Å². The number of nitrogens with zero attached hydrogens (tertiary/aromatic N) is 3. The van der Waals surface area contributed by atoms with E-state index in [1.165, 1.54) is 96.3 Å². The third kappa shape index (κ3) is 9.53. The maximum absolute atomic E-state index is 5.74. The van der Waals surface area contributed by atoms with Crippen LogP contribution in [0.3, 0.4) is 0 Å². The molecule has 1 saturated heterocycles. The van der Waals surface area contributed by atoms with Gasteiger partial charge >= 0.3 is 0 Å². The minimum Gasteiger partial charge on any atom is -0.477 e. The lowest BCUT2D eigenvalue weighted by atomic mass is 10.0. The van der Waals surface area contributed by atoms with E-state index < -0.39 is 0 Å². The van der Waals surface area contributed by atoms with Gasteiger partial charge in [-0.15, -0.1) is 0 Å². The van der Waals surface area contributed by atoms with E-state index in [9.17, 15) is 0 Å². The Morgan fingerprint density at radius 1 is 0.767 bits per heavy atom. The monoisotopic (exact) mass is 481 g/mol. The Balaban J connectivity index is 1.54. The second kappa shape index (κ2) is 15.9. The number of unbranched alkanes of at least 4 members (excludes halogenated alkanes) is 13. The molecule has 1 aliphatic rings. The van der Waals surface area contributed by atoms with Crippen molar-refractivity contribution in [2.45, 2.75) is 117 Å². The van der Waals surface area contributed by atoms with Crippen molar-refractivity contribution in [2.75, 3.05) is 24.6 Å². The van der Waals surface area contributed by atoms with Gasteiger partial charge in [0.25, 0.3) is 0 Å². The summed E-state index contributed by atoms with van der Waals surface area (Å²) < 4.78 is 6.68. The quantitative estimate of drug-likeness (QED) is 0.200. The van der Waals surface area contributed by atoms with Crippen molar-refractivity contribution >= 4 is 21.9 Å². The molecule has 4 nitrogen and oxygen atoms in total. The molecule has 0 N–H and O–H groups in total. The largest absolute Gasteiger partial charge is 0.477 e. The molecule has 0 aliphatic carbocycles. The van der Waals surface area contributed by atoms with Gasteiger partial charge < -0.3 is 9.64 Å². The fourth-order valence-corrected chi connectivity index (χ4v) is 4.49. The Morgan fingerprint density at radius 3 is 1.77 bits per heavy atom. The first-order valence-corrected chi connectivity index (χ1v) is 13.5. The first-order valence-electron chi connectivity index (χ1n) is 12.7. The van der Waals surface area contributed by atoms with Gasteiger partial charge in [-0.05, 0) is 42.1 Å². The molecule has 0 unspecified atom stereocenters. The summed E-state index contributed by atoms with van der Waals surface area (Å²) in [5.74, 6) is 1.54. The molecule has 1 fully saturated rings. The highest BCUT2D eigenvalue weighted by atomic mass is 79.9. The van der Waals surface area contributed by atoms with Gasteiger partial charge in [-0.25, -0.2) is 4.98 Å². The number of ether oxygens (including phenoxy) is 1. The average molecular weight is 483 g/mol. The van der Waals surface area contributed by atoms with Crippen LogP contribution in [0.25, 0.3) is 0 Å². The molecule has 0 bridgehead atoms. The van der Waals surface area contributed by atoms with Crippen molar-refractivity contribution < 1.29 is 4.74 Å². The maximum atomic E-state index is 5.74. The highest BCUT2D eigenvalue weighted by Gasteiger charge is 2.21. The van der Waals surface area contributed by atoms with Gasteiger partial charge in [0.1, 0.15) is 4.47 Å². The topological polar surface area (TPSA) is 38.2 Å². The maximum Gasteiger partial charge on any atom is 0.233 e. The molecule has 2 rings (SSSR count). The van der Waals surface area contributed by atoms with E-state index >= 15 is 0 Å². The van der Waals surface area contributed by atoms with E-state index in [-0.39, 0.29) is 0 Å². The van der Waals surface area contributed by atoms with Crippen LogP contribution in [-0.2, 0) is 6.42 Å². The Labute approximate surface area is 193 Å². The molecular formula is C25H44BrN3O. The third-order valence-electron chi connectivity index (χ3n) is 6.06. The molecule has 0 spiro atoms. The Morgan fingerprint density at radius 2 is 1.30 bits per heavy atom. The Hall–Kier alpha value is -0.840. The molecule has 5 heteroatoms. The molecule has 1 aromatic heterocycles. The number of anilines is 1. The standard InChI is InChI=1S/C25H44BrN3O/c1-3-5-6-7-8-9-10-11-12-13-14-15-16-17-19-22-23(26)24(30-4-2)28-25(27-22)29-20-18-21-29/h3-21H2,1-2H3. The molecule has 0 saturated carbocycles. The van der Waals surface area contributed by atoms with Crippen LogP contribution in [-0.4, -0.2) is 29.7 Å². The molecule has 0 aromatic carbocycles. The summed E-state index contributed by atoms with van der Waals surface area (Å²) in [4.78, 5) is 11.7. The molecule has 172 valence electrons. The molecule has 0 radical (unpaired) electrons. The van der Waals surface area contributed by atoms with Gasteiger partial charge in [0.15, 0.2) is 0 Å². The second-order valence-electron chi connectivity index (χ2n) is 8.71. The fraction of sp³-hybridized carbons (Fsp3) is 0.840. The van der Waals surface area contributed by atoms with Crippen molar-refractivity contribution in [1.82, 2.24) is 9.97 Å². The summed E-state index contributed by atoms with van der Waals surface area (Å²) in [7, 11) is 0. The number of hydrogen-bond donors (Lipinski definition) is 0. The number of aromatic nitrogens is 2. The predicted octanol–water partition coefficient (Wildman–Crippen LogP) is 7.87. The van der Waals surface area contributed by atoms with Crippen molar-refractivity contribution in [3.63, 3.8) is 0 Å². The second-order valence-corrected chi connectivity index (χ2v) is 9.50. The summed E-state index contributed by atoms with van der Waals surface area (Å²) in [5.41, 5.74) is 1.11. The summed E-state index contributed by atoms with van der Waals surface area (Å²) in [6, 6.07) is 0. The lowest BCUT2D eigenvalue weighted by molar-refractivity contribution is 0.322. The van der Waals surface area contributed by atoms with Crippen molar-refractivity contribution in [3.8, 4) is 5.88 Å². The summed E-state index contributed by atoms with van der Waals surface area (Å²) in [6.45, 7) is 7.05. The van der Waals surface area contributed by atoms with E-state index in [0.29, 0.717) is 12.5 Å². The van der Waals surface area contributed by atoms with Crippen LogP contribution >= 0.6 is 15.9 Å². The molecule has 0 amide bonds. The van der Waals surface area contributed by atoms with E-state index in [0.717, 1.165) is 35.6 Å². The van der Waals surface area contributed by atoms with Crippen LogP contribution in [0.2, 0.25) is 0 Å². The van der Waals surface area contributed by atoms with Crippen LogP contribution in [0, 0.1) is 0 Å². The van der Waals surface area contributed by atoms with Gasteiger partial charge in [0, 0.05) is 13.1 Å². The number of rotatable bonds is 18. The van der Waals surface area contributed by atoms with Crippen LogP contribution in [0.1, 0.15) is 116 Å². The molecular weight excluding hydrogens is 438 g/mol. The van der Waals surface area contributed by atoms with Gasteiger partial charge in [0.2, 0.25) is 11.8 Å². The summed E-state index contributed by atoms with van der Waals surface area (Å²) >= 11 is 3.68. The SMILES string of the molecule is CCCCCCCCCCCCCCCCc1nc(N2CCC2)nc(OCC)c1Br. The average Bonchev–Trinajstić information content (AvgIpc) is 2.70. The van der Waals surface area contributed by atoms with Crippen molar-refractivity contribution in [1.29, 1.82) is 0 Å². The summed E-state index contributed by atoms with van der Waals surface area (Å²) in [6.07, 6.45) is 21.7. The number of aryl methyl sites for hydroxylation is 1.